The summed E-state index contributed by atoms with van der Waals surface area (Å²) in [5.74, 6) is 0.774. The maximum Gasteiger partial charge on any atom is 0.170 e. The molecule has 1 atom stereocenters. The van der Waals surface area contributed by atoms with Gasteiger partial charge in [-0.05, 0) is 30.9 Å². The van der Waals surface area contributed by atoms with Gasteiger partial charge in [0.05, 0.1) is 6.61 Å². The Morgan fingerprint density at radius 3 is 3.05 bits per heavy atom. The number of benzene rings is 1. The Morgan fingerprint density at radius 2 is 2.30 bits per heavy atom. The smallest absolute Gasteiger partial charge is 0.170 e. The van der Waals surface area contributed by atoms with Crippen LogP contribution in [0.1, 0.15) is 24.0 Å². The Labute approximate surface area is 120 Å². The molecule has 0 saturated carbocycles. The predicted octanol–water partition coefficient (Wildman–Crippen LogP) is 1.64. The summed E-state index contributed by atoms with van der Waals surface area (Å²) in [6.45, 7) is 3.77. The van der Waals surface area contributed by atoms with Crippen molar-refractivity contribution in [1.29, 1.82) is 0 Å². The highest BCUT2D eigenvalue weighted by atomic mass is 16.5. The molecular weight excluding hydrogens is 254 g/mol. The van der Waals surface area contributed by atoms with Crippen LogP contribution in [0.15, 0.2) is 29.4 Å². The first-order valence-corrected chi connectivity index (χ1v) is 7.01. The molecule has 0 aliphatic carbocycles. The van der Waals surface area contributed by atoms with E-state index in [0.29, 0.717) is 5.92 Å². The van der Waals surface area contributed by atoms with E-state index in [2.05, 4.69) is 10.1 Å². The predicted molar refractivity (Wildman–Crippen MR) is 78.8 cm³/mol. The van der Waals surface area contributed by atoms with E-state index < -0.39 is 0 Å². The van der Waals surface area contributed by atoms with Gasteiger partial charge in [0, 0.05) is 25.8 Å². The third-order valence-electron chi connectivity index (χ3n) is 3.80. The maximum absolute atomic E-state index is 8.86. The van der Waals surface area contributed by atoms with E-state index in [9.17, 15) is 0 Å². The summed E-state index contributed by atoms with van der Waals surface area (Å²) in [5.41, 5.74) is 7.64. The molecule has 0 amide bonds. The summed E-state index contributed by atoms with van der Waals surface area (Å²) < 4.78 is 5.26. The third kappa shape index (κ3) is 3.71. The molecule has 20 heavy (non-hydrogen) atoms. The highest BCUT2D eigenvalue weighted by molar-refractivity contribution is 5.98. The minimum atomic E-state index is 0.172. The highest BCUT2D eigenvalue weighted by Gasteiger charge is 2.20. The van der Waals surface area contributed by atoms with Crippen LogP contribution >= 0.6 is 0 Å². The molecule has 1 heterocycles. The number of oxime groups is 1. The van der Waals surface area contributed by atoms with Crippen LogP contribution in [-0.2, 0) is 11.3 Å². The number of rotatable bonds is 5. The van der Waals surface area contributed by atoms with Crippen LogP contribution in [0, 0.1) is 5.92 Å². The lowest BCUT2D eigenvalue weighted by Gasteiger charge is -2.32. The van der Waals surface area contributed by atoms with Crippen LogP contribution in [-0.4, -0.2) is 42.7 Å². The summed E-state index contributed by atoms with van der Waals surface area (Å²) in [4.78, 5) is 2.41. The lowest BCUT2D eigenvalue weighted by molar-refractivity contribution is 0.0873. The van der Waals surface area contributed by atoms with E-state index >= 15 is 0 Å². The first-order chi connectivity index (χ1) is 9.74. The molecule has 0 radical (unpaired) electrons. The van der Waals surface area contributed by atoms with Crippen LogP contribution in [0.3, 0.4) is 0 Å². The van der Waals surface area contributed by atoms with Crippen LogP contribution in [0.25, 0.3) is 0 Å². The molecule has 2 rings (SSSR count). The van der Waals surface area contributed by atoms with Gasteiger partial charge in [-0.3, -0.25) is 4.90 Å². The molecule has 0 spiro atoms. The number of likely N-dealkylation sites (tertiary alicyclic amines) is 1. The Balaban J connectivity index is 2.06. The van der Waals surface area contributed by atoms with Crippen molar-refractivity contribution in [2.75, 3.05) is 26.8 Å². The number of hydrogen-bond donors (Lipinski definition) is 2. The molecule has 5 nitrogen and oxygen atoms in total. The van der Waals surface area contributed by atoms with E-state index in [1.54, 1.807) is 7.11 Å². The quantitative estimate of drug-likeness (QED) is 0.371. The van der Waals surface area contributed by atoms with Crippen molar-refractivity contribution >= 4 is 5.84 Å². The van der Waals surface area contributed by atoms with Gasteiger partial charge in [0.1, 0.15) is 0 Å². The number of hydrogen-bond acceptors (Lipinski definition) is 4. The molecule has 1 aliphatic rings. The van der Waals surface area contributed by atoms with Gasteiger partial charge in [-0.2, -0.15) is 0 Å². The zero-order valence-corrected chi connectivity index (χ0v) is 12.0. The second-order valence-electron chi connectivity index (χ2n) is 5.34. The fourth-order valence-electron chi connectivity index (χ4n) is 2.87. The zero-order chi connectivity index (χ0) is 14.4. The first kappa shape index (κ1) is 14.8. The van der Waals surface area contributed by atoms with E-state index in [0.717, 1.165) is 37.4 Å². The number of amidine groups is 1. The molecule has 110 valence electrons. The number of ether oxygens (including phenoxy) is 1. The fourth-order valence-corrected chi connectivity index (χ4v) is 2.87. The molecular formula is C15H23N3O2. The minimum Gasteiger partial charge on any atom is -0.409 e. The monoisotopic (exact) mass is 277 g/mol. The van der Waals surface area contributed by atoms with Crippen LogP contribution in [0.4, 0.5) is 0 Å². The van der Waals surface area contributed by atoms with Gasteiger partial charge in [0.25, 0.3) is 0 Å². The molecule has 1 unspecified atom stereocenters. The van der Waals surface area contributed by atoms with Crippen molar-refractivity contribution in [2.24, 2.45) is 16.8 Å². The topological polar surface area (TPSA) is 71.1 Å². The van der Waals surface area contributed by atoms with E-state index in [1.165, 1.54) is 12.8 Å². The second-order valence-corrected chi connectivity index (χ2v) is 5.34. The van der Waals surface area contributed by atoms with Crippen molar-refractivity contribution < 1.29 is 9.94 Å². The molecule has 1 aromatic rings. The molecule has 0 bridgehead atoms. The van der Waals surface area contributed by atoms with Crippen molar-refractivity contribution in [3.63, 3.8) is 0 Å². The van der Waals surface area contributed by atoms with Crippen LogP contribution in [0.5, 0.6) is 0 Å². The van der Waals surface area contributed by atoms with Crippen LogP contribution in [0.2, 0.25) is 0 Å². The van der Waals surface area contributed by atoms with E-state index in [-0.39, 0.29) is 5.84 Å². The largest absolute Gasteiger partial charge is 0.409 e. The van der Waals surface area contributed by atoms with Gasteiger partial charge < -0.3 is 15.7 Å². The molecule has 1 aromatic carbocycles. The highest BCUT2D eigenvalue weighted by Crippen LogP contribution is 2.20. The van der Waals surface area contributed by atoms with E-state index in [1.807, 2.05) is 24.3 Å². The van der Waals surface area contributed by atoms with Crippen LogP contribution < -0.4 is 5.73 Å². The van der Waals surface area contributed by atoms with Gasteiger partial charge in [0.15, 0.2) is 5.84 Å². The lowest BCUT2D eigenvalue weighted by atomic mass is 9.97. The fraction of sp³-hybridized carbons (Fsp3) is 0.533. The van der Waals surface area contributed by atoms with Gasteiger partial charge in [-0.15, -0.1) is 0 Å². The summed E-state index contributed by atoms with van der Waals surface area (Å²) in [5, 5.41) is 12.0. The van der Waals surface area contributed by atoms with E-state index in [4.69, 9.17) is 15.7 Å². The molecule has 1 aliphatic heterocycles. The summed E-state index contributed by atoms with van der Waals surface area (Å²) >= 11 is 0. The van der Waals surface area contributed by atoms with Crippen molar-refractivity contribution in [2.45, 2.75) is 19.4 Å². The Bertz CT molecular complexity index is 460. The Hall–Kier alpha value is -1.59. The number of methoxy groups -OCH3 is 1. The summed E-state index contributed by atoms with van der Waals surface area (Å²) in [6.07, 6.45) is 2.42. The SMILES string of the molecule is COCC1CCCN(Cc2ccccc2/C(N)=N/O)C1. The number of nitrogens with zero attached hydrogens (tertiary/aromatic N) is 2. The molecule has 3 N–H and O–H groups in total. The number of nitrogens with two attached hydrogens (primary N) is 1. The standard InChI is InChI=1S/C15H23N3O2/c1-20-11-12-5-4-8-18(9-12)10-13-6-2-3-7-14(13)15(16)17-19/h2-3,6-7,12,19H,4-5,8-11H2,1H3,(H2,16,17). The van der Waals surface area contributed by atoms with Gasteiger partial charge in [-0.25, -0.2) is 0 Å². The van der Waals surface area contributed by atoms with Gasteiger partial charge in [-0.1, -0.05) is 29.4 Å². The molecule has 1 fully saturated rings. The van der Waals surface area contributed by atoms with Crippen molar-refractivity contribution in [3.05, 3.63) is 35.4 Å². The summed E-state index contributed by atoms with van der Waals surface area (Å²) in [6, 6.07) is 7.81. The summed E-state index contributed by atoms with van der Waals surface area (Å²) in [7, 11) is 1.76. The molecule has 0 aromatic heterocycles. The third-order valence-corrected chi connectivity index (χ3v) is 3.80. The molecule has 1 saturated heterocycles. The van der Waals surface area contributed by atoms with Gasteiger partial charge >= 0.3 is 0 Å². The van der Waals surface area contributed by atoms with Crippen molar-refractivity contribution in [3.8, 4) is 0 Å². The zero-order valence-electron chi connectivity index (χ0n) is 12.0. The normalized spacial score (nSPS) is 21.1. The first-order valence-electron chi connectivity index (χ1n) is 7.01. The minimum absolute atomic E-state index is 0.172. The van der Waals surface area contributed by atoms with Gasteiger partial charge in [0.2, 0.25) is 0 Å². The second kappa shape index (κ2) is 7.26. The Kier molecular flexibility index (Phi) is 5.38. The number of piperidine rings is 1. The molecule has 5 heteroatoms. The average Bonchev–Trinajstić information content (AvgIpc) is 2.48. The Morgan fingerprint density at radius 1 is 1.50 bits per heavy atom. The van der Waals surface area contributed by atoms with Crippen molar-refractivity contribution in [1.82, 2.24) is 4.90 Å². The average molecular weight is 277 g/mol. The lowest BCUT2D eigenvalue weighted by Crippen LogP contribution is -2.37. The maximum atomic E-state index is 8.86.